The molecule has 1 aliphatic carbocycles. The Morgan fingerprint density at radius 2 is 2.00 bits per heavy atom. The minimum absolute atomic E-state index is 0.0120. The SMILES string of the molecule is O=C(Nc1ccc(OC(F)F)cc1)[C@H]1CC=CCC1. The van der Waals surface area contributed by atoms with Gasteiger partial charge in [-0.05, 0) is 43.5 Å². The summed E-state index contributed by atoms with van der Waals surface area (Å²) in [5, 5.41) is 2.78. The molecule has 2 rings (SSSR count). The van der Waals surface area contributed by atoms with Crippen molar-refractivity contribution in [2.75, 3.05) is 5.32 Å². The van der Waals surface area contributed by atoms with Crippen LogP contribution in [0, 0.1) is 5.92 Å². The lowest BCUT2D eigenvalue weighted by atomic mass is 9.93. The van der Waals surface area contributed by atoms with Crippen LogP contribution in [0.4, 0.5) is 14.5 Å². The lowest BCUT2D eigenvalue weighted by Crippen LogP contribution is -2.23. The standard InChI is InChI=1S/C14H15F2NO2/c15-14(16)19-12-8-6-11(7-9-12)17-13(18)10-4-2-1-3-5-10/h1-2,6-10,14H,3-5H2,(H,17,18)/t10-/m0/s1. The van der Waals surface area contributed by atoms with E-state index in [1.165, 1.54) is 12.1 Å². The number of hydrogen-bond donors (Lipinski definition) is 1. The number of rotatable bonds is 4. The molecule has 1 N–H and O–H groups in total. The minimum Gasteiger partial charge on any atom is -0.435 e. The van der Waals surface area contributed by atoms with Gasteiger partial charge in [-0.25, -0.2) is 0 Å². The van der Waals surface area contributed by atoms with Gasteiger partial charge in [0.25, 0.3) is 0 Å². The van der Waals surface area contributed by atoms with Gasteiger partial charge < -0.3 is 10.1 Å². The van der Waals surface area contributed by atoms with Gasteiger partial charge in [0.05, 0.1) is 0 Å². The zero-order valence-corrected chi connectivity index (χ0v) is 10.3. The van der Waals surface area contributed by atoms with Crippen molar-refractivity contribution in [3.8, 4) is 5.75 Å². The summed E-state index contributed by atoms with van der Waals surface area (Å²) in [5.74, 6) is 0.0301. The van der Waals surface area contributed by atoms with Gasteiger partial charge in [0.15, 0.2) is 0 Å². The first-order valence-corrected chi connectivity index (χ1v) is 6.16. The van der Waals surface area contributed by atoms with E-state index in [1.807, 2.05) is 6.08 Å². The summed E-state index contributed by atoms with van der Waals surface area (Å²) in [7, 11) is 0. The van der Waals surface area contributed by atoms with E-state index >= 15 is 0 Å². The van der Waals surface area contributed by atoms with E-state index < -0.39 is 6.61 Å². The van der Waals surface area contributed by atoms with Crippen LogP contribution in [0.3, 0.4) is 0 Å². The van der Waals surface area contributed by atoms with E-state index in [9.17, 15) is 13.6 Å². The maximum Gasteiger partial charge on any atom is 0.387 e. The zero-order valence-electron chi connectivity index (χ0n) is 10.3. The number of halogens is 2. The predicted octanol–water partition coefficient (Wildman–Crippen LogP) is 3.58. The molecule has 0 aromatic heterocycles. The summed E-state index contributed by atoms with van der Waals surface area (Å²) < 4.78 is 28.2. The lowest BCUT2D eigenvalue weighted by molar-refractivity contribution is -0.120. The molecule has 1 aromatic rings. The fraction of sp³-hybridized carbons (Fsp3) is 0.357. The average Bonchev–Trinajstić information content (AvgIpc) is 2.41. The highest BCUT2D eigenvalue weighted by atomic mass is 19.3. The van der Waals surface area contributed by atoms with Crippen molar-refractivity contribution in [3.63, 3.8) is 0 Å². The molecule has 0 saturated carbocycles. The number of anilines is 1. The molecular formula is C14H15F2NO2. The number of amides is 1. The zero-order chi connectivity index (χ0) is 13.7. The molecule has 0 aliphatic heterocycles. The van der Waals surface area contributed by atoms with Crippen LogP contribution in [-0.2, 0) is 4.79 Å². The van der Waals surface area contributed by atoms with Crippen LogP contribution < -0.4 is 10.1 Å². The number of carbonyl (C=O) groups excluding carboxylic acids is 1. The monoisotopic (exact) mass is 267 g/mol. The van der Waals surface area contributed by atoms with Gasteiger partial charge in [-0.15, -0.1) is 0 Å². The third kappa shape index (κ3) is 4.05. The van der Waals surface area contributed by atoms with Crippen LogP contribution in [0.15, 0.2) is 36.4 Å². The molecule has 0 spiro atoms. The third-order valence-corrected chi connectivity index (χ3v) is 2.99. The smallest absolute Gasteiger partial charge is 0.387 e. The van der Waals surface area contributed by atoms with Crippen molar-refractivity contribution in [1.29, 1.82) is 0 Å². The lowest BCUT2D eigenvalue weighted by Gasteiger charge is -2.17. The number of benzene rings is 1. The minimum atomic E-state index is -2.84. The van der Waals surface area contributed by atoms with E-state index in [1.54, 1.807) is 12.1 Å². The van der Waals surface area contributed by atoms with Crippen LogP contribution in [0.25, 0.3) is 0 Å². The second-order valence-corrected chi connectivity index (χ2v) is 4.37. The van der Waals surface area contributed by atoms with E-state index in [0.717, 1.165) is 19.3 Å². The molecule has 1 aromatic carbocycles. The Kier molecular flexibility index (Phi) is 4.49. The highest BCUT2D eigenvalue weighted by Gasteiger charge is 2.18. The molecule has 19 heavy (non-hydrogen) atoms. The Bertz CT molecular complexity index is 457. The number of carbonyl (C=O) groups is 1. The molecule has 1 amide bonds. The van der Waals surface area contributed by atoms with Crippen molar-refractivity contribution >= 4 is 11.6 Å². The van der Waals surface area contributed by atoms with E-state index in [4.69, 9.17) is 0 Å². The Morgan fingerprint density at radius 1 is 1.26 bits per heavy atom. The molecule has 0 unspecified atom stereocenters. The maximum atomic E-state index is 12.0. The van der Waals surface area contributed by atoms with Crippen molar-refractivity contribution in [1.82, 2.24) is 0 Å². The summed E-state index contributed by atoms with van der Waals surface area (Å²) in [4.78, 5) is 11.9. The van der Waals surface area contributed by atoms with Crippen molar-refractivity contribution in [3.05, 3.63) is 36.4 Å². The summed E-state index contributed by atoms with van der Waals surface area (Å²) in [5.41, 5.74) is 0.584. The first kappa shape index (κ1) is 13.5. The average molecular weight is 267 g/mol. The number of alkyl halides is 2. The fourth-order valence-electron chi connectivity index (χ4n) is 2.00. The molecule has 3 nitrogen and oxygen atoms in total. The number of nitrogens with one attached hydrogen (secondary N) is 1. The van der Waals surface area contributed by atoms with Crippen LogP contribution in [0.2, 0.25) is 0 Å². The third-order valence-electron chi connectivity index (χ3n) is 2.99. The van der Waals surface area contributed by atoms with Crippen LogP contribution in [0.5, 0.6) is 5.75 Å². The number of hydrogen-bond acceptors (Lipinski definition) is 2. The molecule has 0 saturated heterocycles. The van der Waals surface area contributed by atoms with Crippen molar-refractivity contribution in [2.45, 2.75) is 25.9 Å². The quantitative estimate of drug-likeness (QED) is 0.847. The van der Waals surface area contributed by atoms with Gasteiger partial charge >= 0.3 is 6.61 Å². The highest BCUT2D eigenvalue weighted by Crippen LogP contribution is 2.22. The van der Waals surface area contributed by atoms with Crippen molar-refractivity contribution in [2.24, 2.45) is 5.92 Å². The Labute approximate surface area is 110 Å². The predicted molar refractivity (Wildman–Crippen MR) is 68.2 cm³/mol. The number of ether oxygens (including phenoxy) is 1. The van der Waals surface area contributed by atoms with Gasteiger partial charge in [0.2, 0.25) is 5.91 Å². The number of allylic oxidation sites excluding steroid dienone is 2. The first-order valence-electron chi connectivity index (χ1n) is 6.16. The molecule has 102 valence electrons. The Morgan fingerprint density at radius 3 is 2.58 bits per heavy atom. The van der Waals surface area contributed by atoms with E-state index in [2.05, 4.69) is 16.1 Å². The highest BCUT2D eigenvalue weighted by molar-refractivity contribution is 5.92. The first-order chi connectivity index (χ1) is 9.15. The molecule has 0 heterocycles. The summed E-state index contributed by atoms with van der Waals surface area (Å²) in [6.07, 6.45) is 6.58. The van der Waals surface area contributed by atoms with E-state index in [-0.39, 0.29) is 17.6 Å². The summed E-state index contributed by atoms with van der Waals surface area (Å²) in [6, 6.07) is 5.91. The van der Waals surface area contributed by atoms with E-state index in [0.29, 0.717) is 5.69 Å². The second kappa shape index (κ2) is 6.31. The molecule has 1 atom stereocenters. The van der Waals surface area contributed by atoms with Gasteiger partial charge in [-0.1, -0.05) is 12.2 Å². The molecule has 5 heteroatoms. The van der Waals surface area contributed by atoms with Crippen LogP contribution >= 0.6 is 0 Å². The van der Waals surface area contributed by atoms with Gasteiger partial charge in [-0.3, -0.25) is 4.79 Å². The maximum absolute atomic E-state index is 12.0. The van der Waals surface area contributed by atoms with Crippen molar-refractivity contribution < 1.29 is 18.3 Å². The van der Waals surface area contributed by atoms with Gasteiger partial charge in [-0.2, -0.15) is 8.78 Å². The Balaban J connectivity index is 1.91. The van der Waals surface area contributed by atoms with Crippen LogP contribution in [0.1, 0.15) is 19.3 Å². The second-order valence-electron chi connectivity index (χ2n) is 4.37. The normalized spacial score (nSPS) is 18.4. The molecular weight excluding hydrogens is 252 g/mol. The molecule has 0 radical (unpaired) electrons. The molecule has 1 aliphatic rings. The Hall–Kier alpha value is -1.91. The summed E-state index contributed by atoms with van der Waals surface area (Å²) >= 11 is 0. The van der Waals surface area contributed by atoms with Gasteiger partial charge in [0.1, 0.15) is 5.75 Å². The largest absolute Gasteiger partial charge is 0.435 e. The fourth-order valence-corrected chi connectivity index (χ4v) is 2.00. The molecule has 0 fully saturated rings. The van der Waals surface area contributed by atoms with Gasteiger partial charge in [0, 0.05) is 11.6 Å². The van der Waals surface area contributed by atoms with Crippen LogP contribution in [-0.4, -0.2) is 12.5 Å². The summed E-state index contributed by atoms with van der Waals surface area (Å²) in [6.45, 7) is -2.84. The molecule has 0 bridgehead atoms. The topological polar surface area (TPSA) is 38.3 Å².